The molecule has 0 aliphatic carbocycles. The van der Waals surface area contributed by atoms with Gasteiger partial charge in [0.15, 0.2) is 0 Å². The highest BCUT2D eigenvalue weighted by Gasteiger charge is 2.07. The van der Waals surface area contributed by atoms with E-state index in [0.29, 0.717) is 17.1 Å². The van der Waals surface area contributed by atoms with Crippen LogP contribution in [0.15, 0.2) is 42.5 Å². The number of nitrogen functional groups attached to an aromatic ring is 1. The molecule has 17 heavy (non-hydrogen) atoms. The number of anilines is 3. The van der Waals surface area contributed by atoms with Crippen molar-refractivity contribution >= 4 is 17.1 Å². The molecule has 2 rings (SSSR count). The Morgan fingerprint density at radius 2 is 1.65 bits per heavy atom. The predicted molar refractivity (Wildman–Crippen MR) is 65.3 cm³/mol. The van der Waals surface area contributed by atoms with Gasteiger partial charge in [-0.05, 0) is 36.4 Å². The minimum Gasteiger partial charge on any atom is -0.399 e. The summed E-state index contributed by atoms with van der Waals surface area (Å²) in [5.41, 5.74) is 7.11. The number of hydrogen-bond acceptors (Lipinski definition) is 2. The van der Waals surface area contributed by atoms with E-state index in [1.165, 1.54) is 24.3 Å². The van der Waals surface area contributed by atoms with Gasteiger partial charge in [0, 0.05) is 24.1 Å². The van der Waals surface area contributed by atoms with Gasteiger partial charge in [0.1, 0.15) is 11.6 Å². The SMILES string of the molecule is CN(c1cccc(F)c1)c1cc(N)cc(F)c1. The van der Waals surface area contributed by atoms with Gasteiger partial charge >= 0.3 is 0 Å². The topological polar surface area (TPSA) is 29.3 Å². The smallest absolute Gasteiger partial charge is 0.127 e. The van der Waals surface area contributed by atoms with Crippen molar-refractivity contribution < 1.29 is 8.78 Å². The van der Waals surface area contributed by atoms with Crippen LogP contribution < -0.4 is 10.6 Å². The summed E-state index contributed by atoms with van der Waals surface area (Å²) in [6.07, 6.45) is 0. The molecule has 0 aromatic heterocycles. The second kappa shape index (κ2) is 4.41. The summed E-state index contributed by atoms with van der Waals surface area (Å²) in [5, 5.41) is 0. The summed E-state index contributed by atoms with van der Waals surface area (Å²) < 4.78 is 26.3. The summed E-state index contributed by atoms with van der Waals surface area (Å²) in [4.78, 5) is 1.67. The molecule has 0 spiro atoms. The van der Waals surface area contributed by atoms with E-state index in [1.807, 2.05) is 0 Å². The standard InChI is InChI=1S/C13H12F2N2/c1-17(12-4-2-3-9(14)6-12)13-7-10(15)5-11(16)8-13/h2-8H,16H2,1H3. The molecule has 0 saturated carbocycles. The number of benzene rings is 2. The fraction of sp³-hybridized carbons (Fsp3) is 0.0769. The molecule has 2 aromatic rings. The lowest BCUT2D eigenvalue weighted by molar-refractivity contribution is 0.627. The largest absolute Gasteiger partial charge is 0.399 e. The van der Waals surface area contributed by atoms with Crippen LogP contribution in [0.2, 0.25) is 0 Å². The summed E-state index contributed by atoms with van der Waals surface area (Å²) in [6.45, 7) is 0. The van der Waals surface area contributed by atoms with Crippen LogP contribution in [0.4, 0.5) is 25.8 Å². The molecule has 0 unspecified atom stereocenters. The van der Waals surface area contributed by atoms with Crippen molar-refractivity contribution in [2.24, 2.45) is 0 Å². The molecular formula is C13H12F2N2. The number of hydrogen-bond donors (Lipinski definition) is 1. The second-order valence-electron chi connectivity index (χ2n) is 3.78. The van der Waals surface area contributed by atoms with Crippen molar-refractivity contribution in [3.63, 3.8) is 0 Å². The molecule has 0 atom stereocenters. The molecule has 2 nitrogen and oxygen atoms in total. The lowest BCUT2D eigenvalue weighted by atomic mass is 10.2. The third-order valence-electron chi connectivity index (χ3n) is 2.49. The van der Waals surface area contributed by atoms with Gasteiger partial charge in [0.25, 0.3) is 0 Å². The second-order valence-corrected chi connectivity index (χ2v) is 3.78. The van der Waals surface area contributed by atoms with E-state index in [2.05, 4.69) is 0 Å². The maximum Gasteiger partial charge on any atom is 0.127 e. The van der Waals surface area contributed by atoms with Gasteiger partial charge in [-0.2, -0.15) is 0 Å². The fourth-order valence-corrected chi connectivity index (χ4v) is 1.62. The molecular weight excluding hydrogens is 222 g/mol. The highest BCUT2D eigenvalue weighted by molar-refractivity contribution is 5.65. The van der Waals surface area contributed by atoms with Crippen molar-refractivity contribution in [2.75, 3.05) is 17.7 Å². The molecule has 0 bridgehead atoms. The average molecular weight is 234 g/mol. The Balaban J connectivity index is 2.39. The van der Waals surface area contributed by atoms with E-state index in [0.717, 1.165) is 0 Å². The van der Waals surface area contributed by atoms with E-state index in [4.69, 9.17) is 5.73 Å². The van der Waals surface area contributed by atoms with Crippen LogP contribution in [0.5, 0.6) is 0 Å². The highest BCUT2D eigenvalue weighted by Crippen LogP contribution is 2.26. The predicted octanol–water partition coefficient (Wildman–Crippen LogP) is 3.31. The minimum atomic E-state index is -0.414. The molecule has 0 saturated heterocycles. The monoisotopic (exact) mass is 234 g/mol. The molecule has 4 heteroatoms. The Bertz CT molecular complexity index is 520. The number of halogens is 2. The molecule has 88 valence electrons. The molecule has 0 radical (unpaired) electrons. The first-order valence-corrected chi connectivity index (χ1v) is 5.11. The Hall–Kier alpha value is -2.10. The molecule has 0 fully saturated rings. The lowest BCUT2D eigenvalue weighted by Crippen LogP contribution is -2.10. The van der Waals surface area contributed by atoms with Crippen LogP contribution >= 0.6 is 0 Å². The Morgan fingerprint density at radius 3 is 2.29 bits per heavy atom. The Morgan fingerprint density at radius 1 is 0.941 bits per heavy atom. The normalized spacial score (nSPS) is 10.3. The third kappa shape index (κ3) is 2.53. The van der Waals surface area contributed by atoms with Crippen LogP contribution in [0, 0.1) is 11.6 Å². The van der Waals surface area contributed by atoms with Gasteiger partial charge in [-0.3, -0.25) is 0 Å². The van der Waals surface area contributed by atoms with Crippen molar-refractivity contribution in [3.05, 3.63) is 54.1 Å². The first kappa shape index (κ1) is 11.4. The first-order chi connectivity index (χ1) is 8.06. The molecule has 0 aliphatic rings. The summed E-state index contributed by atoms with van der Waals surface area (Å²) in [5.74, 6) is -0.748. The van der Waals surface area contributed by atoms with Crippen molar-refractivity contribution in [1.82, 2.24) is 0 Å². The van der Waals surface area contributed by atoms with Crippen LogP contribution in [0.25, 0.3) is 0 Å². The summed E-state index contributed by atoms with van der Waals surface area (Å²) >= 11 is 0. The molecule has 2 aromatic carbocycles. The van der Waals surface area contributed by atoms with Gasteiger partial charge in [0.2, 0.25) is 0 Å². The van der Waals surface area contributed by atoms with Crippen molar-refractivity contribution in [3.8, 4) is 0 Å². The van der Waals surface area contributed by atoms with Crippen molar-refractivity contribution in [1.29, 1.82) is 0 Å². The lowest BCUT2D eigenvalue weighted by Gasteiger charge is -2.20. The van der Waals surface area contributed by atoms with Gasteiger partial charge in [0.05, 0.1) is 0 Å². The number of rotatable bonds is 2. The number of nitrogens with two attached hydrogens (primary N) is 1. The van der Waals surface area contributed by atoms with E-state index in [1.54, 1.807) is 30.1 Å². The van der Waals surface area contributed by atoms with Crippen LogP contribution in [0.1, 0.15) is 0 Å². The van der Waals surface area contributed by atoms with Crippen LogP contribution in [-0.2, 0) is 0 Å². The van der Waals surface area contributed by atoms with Gasteiger partial charge in [-0.25, -0.2) is 8.78 Å². The van der Waals surface area contributed by atoms with Gasteiger partial charge in [-0.1, -0.05) is 6.07 Å². The van der Waals surface area contributed by atoms with Crippen LogP contribution in [0.3, 0.4) is 0 Å². The van der Waals surface area contributed by atoms with Gasteiger partial charge < -0.3 is 10.6 Å². The fourth-order valence-electron chi connectivity index (χ4n) is 1.62. The quantitative estimate of drug-likeness (QED) is 0.808. The zero-order valence-corrected chi connectivity index (χ0v) is 9.32. The third-order valence-corrected chi connectivity index (χ3v) is 2.49. The summed E-state index contributed by atoms with van der Waals surface area (Å²) in [7, 11) is 1.73. The zero-order valence-electron chi connectivity index (χ0n) is 9.32. The summed E-state index contributed by atoms with van der Waals surface area (Å²) in [6, 6.07) is 10.3. The van der Waals surface area contributed by atoms with E-state index < -0.39 is 5.82 Å². The average Bonchev–Trinajstić information content (AvgIpc) is 2.26. The Labute approximate surface area is 98.3 Å². The molecule has 0 heterocycles. The van der Waals surface area contributed by atoms with E-state index in [9.17, 15) is 8.78 Å². The Kier molecular flexibility index (Phi) is 2.95. The minimum absolute atomic E-state index is 0.335. The molecule has 0 amide bonds. The number of nitrogens with zero attached hydrogens (tertiary/aromatic N) is 1. The van der Waals surface area contributed by atoms with E-state index in [-0.39, 0.29) is 5.82 Å². The van der Waals surface area contributed by atoms with Crippen molar-refractivity contribution in [2.45, 2.75) is 0 Å². The first-order valence-electron chi connectivity index (χ1n) is 5.11. The van der Waals surface area contributed by atoms with Gasteiger partial charge in [-0.15, -0.1) is 0 Å². The zero-order chi connectivity index (χ0) is 12.4. The maximum atomic E-state index is 13.2. The van der Waals surface area contributed by atoms with E-state index >= 15 is 0 Å². The highest BCUT2D eigenvalue weighted by atomic mass is 19.1. The molecule has 2 N–H and O–H groups in total. The molecule has 0 aliphatic heterocycles. The van der Waals surface area contributed by atoms with Crippen LogP contribution in [-0.4, -0.2) is 7.05 Å². The maximum absolute atomic E-state index is 13.2.